The summed E-state index contributed by atoms with van der Waals surface area (Å²) >= 11 is 0. The van der Waals surface area contributed by atoms with E-state index in [1.54, 1.807) is 30.3 Å². The van der Waals surface area contributed by atoms with Crippen molar-refractivity contribution >= 4 is 17.3 Å². The highest BCUT2D eigenvalue weighted by Gasteiger charge is 2.12. The number of hydrogen-bond donors (Lipinski definition) is 3. The van der Waals surface area contributed by atoms with E-state index in [1.807, 2.05) is 13.0 Å². The molecule has 100 valence electrons. The molecule has 4 N–H and O–H groups in total. The Labute approximate surface area is 116 Å². The third kappa shape index (κ3) is 2.91. The van der Waals surface area contributed by atoms with Gasteiger partial charge in [0.2, 0.25) is 0 Å². The van der Waals surface area contributed by atoms with Crippen molar-refractivity contribution in [1.29, 1.82) is 5.26 Å². The molecule has 0 spiro atoms. The second-order valence-electron chi connectivity index (χ2n) is 4.16. The molecule has 0 aliphatic carbocycles. The standard InChI is InChI=1S/C14H13N5O/c1-9-6-13(19-16)12(8-17-9)14(20)18-11-4-2-10(7-15)3-5-11/h2-6,8H,16H2,1H3,(H,17,19)(H,18,20). The van der Waals surface area contributed by atoms with Crippen LogP contribution in [0.25, 0.3) is 0 Å². The minimum absolute atomic E-state index is 0.324. The normalized spacial score (nSPS) is 9.65. The number of nitrogens with one attached hydrogen (secondary N) is 2. The predicted octanol–water partition coefficient (Wildman–Crippen LogP) is 1.80. The number of benzene rings is 1. The first-order chi connectivity index (χ1) is 9.63. The topological polar surface area (TPSA) is 104 Å². The number of nitriles is 1. The van der Waals surface area contributed by atoms with Crippen LogP contribution in [0, 0.1) is 18.3 Å². The minimum Gasteiger partial charge on any atom is -0.323 e. The van der Waals surface area contributed by atoms with E-state index in [2.05, 4.69) is 15.7 Å². The van der Waals surface area contributed by atoms with Gasteiger partial charge in [-0.2, -0.15) is 5.26 Å². The van der Waals surface area contributed by atoms with Gasteiger partial charge in [-0.1, -0.05) is 0 Å². The van der Waals surface area contributed by atoms with Gasteiger partial charge in [0.05, 0.1) is 22.9 Å². The van der Waals surface area contributed by atoms with E-state index in [9.17, 15) is 4.79 Å². The van der Waals surface area contributed by atoms with Gasteiger partial charge in [-0.05, 0) is 37.3 Å². The molecule has 0 fully saturated rings. The number of carbonyl (C=O) groups excluding carboxylic acids is 1. The molecule has 0 unspecified atom stereocenters. The highest BCUT2D eigenvalue weighted by molar-refractivity contribution is 6.07. The second-order valence-corrected chi connectivity index (χ2v) is 4.16. The monoisotopic (exact) mass is 267 g/mol. The SMILES string of the molecule is Cc1cc(NN)c(C(=O)Nc2ccc(C#N)cc2)cn1. The van der Waals surface area contributed by atoms with Gasteiger partial charge in [0.15, 0.2) is 0 Å². The van der Waals surface area contributed by atoms with E-state index in [0.29, 0.717) is 22.5 Å². The summed E-state index contributed by atoms with van der Waals surface area (Å²) in [6, 6.07) is 10.3. The summed E-state index contributed by atoms with van der Waals surface area (Å²) in [5.74, 6) is 5.07. The van der Waals surface area contributed by atoms with Crippen molar-refractivity contribution in [3.8, 4) is 6.07 Å². The third-order valence-electron chi connectivity index (χ3n) is 2.71. The average Bonchev–Trinajstić information content (AvgIpc) is 2.47. The van der Waals surface area contributed by atoms with Crippen molar-refractivity contribution in [2.24, 2.45) is 5.84 Å². The van der Waals surface area contributed by atoms with Gasteiger partial charge in [0.1, 0.15) is 0 Å². The highest BCUT2D eigenvalue weighted by atomic mass is 16.1. The van der Waals surface area contributed by atoms with Crippen molar-refractivity contribution in [2.45, 2.75) is 6.92 Å². The van der Waals surface area contributed by atoms with Gasteiger partial charge in [-0.15, -0.1) is 0 Å². The number of hydrogen-bond acceptors (Lipinski definition) is 5. The lowest BCUT2D eigenvalue weighted by Gasteiger charge is -2.10. The molecule has 6 nitrogen and oxygen atoms in total. The summed E-state index contributed by atoms with van der Waals surface area (Å²) < 4.78 is 0. The van der Waals surface area contributed by atoms with E-state index in [0.717, 1.165) is 5.69 Å². The highest BCUT2D eigenvalue weighted by Crippen LogP contribution is 2.17. The number of pyridine rings is 1. The van der Waals surface area contributed by atoms with Crippen LogP contribution in [0.1, 0.15) is 21.6 Å². The van der Waals surface area contributed by atoms with E-state index in [1.165, 1.54) is 6.20 Å². The first kappa shape index (κ1) is 13.5. The first-order valence-corrected chi connectivity index (χ1v) is 5.89. The number of rotatable bonds is 3. The summed E-state index contributed by atoms with van der Waals surface area (Å²) in [4.78, 5) is 16.2. The van der Waals surface area contributed by atoms with Gasteiger partial charge in [0.25, 0.3) is 5.91 Å². The maximum absolute atomic E-state index is 12.1. The van der Waals surface area contributed by atoms with Crippen LogP contribution in [0.4, 0.5) is 11.4 Å². The molecule has 1 heterocycles. The van der Waals surface area contributed by atoms with E-state index < -0.39 is 0 Å². The number of carbonyl (C=O) groups is 1. The molecule has 6 heteroatoms. The number of amides is 1. The molecule has 1 aromatic carbocycles. The number of aryl methyl sites for hydroxylation is 1. The molecule has 0 atom stereocenters. The molecule has 1 aromatic heterocycles. The Balaban J connectivity index is 2.21. The lowest BCUT2D eigenvalue weighted by molar-refractivity contribution is 0.102. The Kier molecular flexibility index (Phi) is 3.93. The zero-order valence-electron chi connectivity index (χ0n) is 10.8. The van der Waals surface area contributed by atoms with E-state index in [-0.39, 0.29) is 5.91 Å². The third-order valence-corrected chi connectivity index (χ3v) is 2.71. The molecular weight excluding hydrogens is 254 g/mol. The minimum atomic E-state index is -0.324. The number of nitrogens with two attached hydrogens (primary N) is 1. The molecule has 1 amide bonds. The summed E-state index contributed by atoms with van der Waals surface area (Å²) in [6.45, 7) is 1.81. The smallest absolute Gasteiger partial charge is 0.259 e. The lowest BCUT2D eigenvalue weighted by atomic mass is 10.2. The molecule has 0 bridgehead atoms. The summed E-state index contributed by atoms with van der Waals surface area (Å²) in [7, 11) is 0. The Hall–Kier alpha value is -2.91. The number of anilines is 2. The molecule has 2 aromatic rings. The average molecular weight is 267 g/mol. The number of hydrazine groups is 1. The number of nitrogens with zero attached hydrogens (tertiary/aromatic N) is 2. The molecule has 20 heavy (non-hydrogen) atoms. The molecule has 0 aliphatic heterocycles. The quantitative estimate of drug-likeness (QED) is 0.581. The van der Waals surface area contributed by atoms with Crippen LogP contribution >= 0.6 is 0 Å². The Morgan fingerprint density at radius 1 is 1.35 bits per heavy atom. The lowest BCUT2D eigenvalue weighted by Crippen LogP contribution is -2.18. The zero-order chi connectivity index (χ0) is 14.5. The molecule has 0 aliphatic rings. The fourth-order valence-electron chi connectivity index (χ4n) is 1.69. The Morgan fingerprint density at radius 3 is 2.65 bits per heavy atom. The van der Waals surface area contributed by atoms with Crippen molar-refractivity contribution < 1.29 is 4.79 Å². The van der Waals surface area contributed by atoms with Crippen LogP contribution in [0.2, 0.25) is 0 Å². The molecular formula is C14H13N5O. The molecule has 0 radical (unpaired) electrons. The van der Waals surface area contributed by atoms with Crippen LogP contribution < -0.4 is 16.6 Å². The van der Waals surface area contributed by atoms with Gasteiger partial charge >= 0.3 is 0 Å². The maximum atomic E-state index is 12.1. The van der Waals surface area contributed by atoms with Gasteiger partial charge in [0, 0.05) is 17.6 Å². The predicted molar refractivity (Wildman–Crippen MR) is 75.9 cm³/mol. The maximum Gasteiger partial charge on any atom is 0.259 e. The van der Waals surface area contributed by atoms with Gasteiger partial charge in [-0.25, -0.2) is 0 Å². The first-order valence-electron chi connectivity index (χ1n) is 5.89. The largest absolute Gasteiger partial charge is 0.323 e. The van der Waals surface area contributed by atoms with E-state index in [4.69, 9.17) is 11.1 Å². The Bertz CT molecular complexity index is 673. The molecule has 0 saturated heterocycles. The fourth-order valence-corrected chi connectivity index (χ4v) is 1.69. The van der Waals surface area contributed by atoms with Crippen LogP contribution in [0.5, 0.6) is 0 Å². The zero-order valence-corrected chi connectivity index (χ0v) is 10.8. The molecule has 0 saturated carbocycles. The van der Waals surface area contributed by atoms with Crippen molar-refractivity contribution in [2.75, 3.05) is 10.7 Å². The van der Waals surface area contributed by atoms with Gasteiger partial charge in [-0.3, -0.25) is 15.6 Å². The van der Waals surface area contributed by atoms with Crippen molar-refractivity contribution in [1.82, 2.24) is 4.98 Å². The fraction of sp³-hybridized carbons (Fsp3) is 0.0714. The second kappa shape index (κ2) is 5.82. The summed E-state index contributed by atoms with van der Waals surface area (Å²) in [5.41, 5.74) is 5.21. The number of nitrogen functional groups attached to an aromatic ring is 1. The van der Waals surface area contributed by atoms with Crippen LogP contribution in [-0.2, 0) is 0 Å². The number of aromatic nitrogens is 1. The Morgan fingerprint density at radius 2 is 2.05 bits per heavy atom. The van der Waals surface area contributed by atoms with Crippen molar-refractivity contribution in [3.05, 3.63) is 53.3 Å². The summed E-state index contributed by atoms with van der Waals surface area (Å²) in [5, 5.41) is 11.4. The van der Waals surface area contributed by atoms with Crippen LogP contribution in [0.3, 0.4) is 0 Å². The van der Waals surface area contributed by atoms with Crippen LogP contribution in [-0.4, -0.2) is 10.9 Å². The van der Waals surface area contributed by atoms with Crippen molar-refractivity contribution in [3.63, 3.8) is 0 Å². The molecule has 2 rings (SSSR count). The van der Waals surface area contributed by atoms with Crippen LogP contribution in [0.15, 0.2) is 36.5 Å². The van der Waals surface area contributed by atoms with E-state index >= 15 is 0 Å². The van der Waals surface area contributed by atoms with Gasteiger partial charge < -0.3 is 10.7 Å². The summed E-state index contributed by atoms with van der Waals surface area (Å²) in [6.07, 6.45) is 1.46.